The zero-order chi connectivity index (χ0) is 19.7. The number of amides is 1. The van der Waals surface area contributed by atoms with Gasteiger partial charge in [0, 0.05) is 6.04 Å². The lowest BCUT2D eigenvalue weighted by Gasteiger charge is -2.23. The molecule has 0 aromatic heterocycles. The van der Waals surface area contributed by atoms with Crippen LogP contribution in [-0.4, -0.2) is 17.7 Å². The highest BCUT2D eigenvalue weighted by Gasteiger charge is 2.17. The van der Waals surface area contributed by atoms with Crippen LogP contribution >= 0.6 is 0 Å². The van der Waals surface area contributed by atoms with Crippen molar-refractivity contribution in [1.82, 2.24) is 10.9 Å². The number of hydrazine groups is 1. The van der Waals surface area contributed by atoms with E-state index in [1.807, 2.05) is 20.8 Å². The molecular weight excluding hydrogens is 324 g/mol. The molecule has 0 bridgehead atoms. The summed E-state index contributed by atoms with van der Waals surface area (Å²) in [5.74, 6) is 0. The summed E-state index contributed by atoms with van der Waals surface area (Å²) in [6.45, 7) is 10.2. The van der Waals surface area contributed by atoms with E-state index in [0.717, 1.165) is 12.8 Å². The molecule has 0 saturated carbocycles. The Morgan fingerprint density at radius 2 is 1.19 bits per heavy atom. The lowest BCUT2D eigenvalue weighted by molar-refractivity contribution is 0.0484. The third-order valence-corrected chi connectivity index (χ3v) is 4.59. The Kier molecular flexibility index (Phi) is 15.9. The summed E-state index contributed by atoms with van der Waals surface area (Å²) in [5.41, 5.74) is 5.51. The minimum atomic E-state index is -0.459. The van der Waals surface area contributed by atoms with Crippen molar-refractivity contribution in [3.8, 4) is 0 Å². The van der Waals surface area contributed by atoms with Gasteiger partial charge in [-0.05, 0) is 33.6 Å². The van der Waals surface area contributed by atoms with E-state index in [4.69, 9.17) is 4.74 Å². The van der Waals surface area contributed by atoms with Gasteiger partial charge in [0.1, 0.15) is 5.60 Å². The molecule has 4 nitrogen and oxygen atoms in total. The van der Waals surface area contributed by atoms with Gasteiger partial charge in [-0.1, -0.05) is 90.9 Å². The maximum Gasteiger partial charge on any atom is 0.422 e. The van der Waals surface area contributed by atoms with Crippen LogP contribution in [-0.2, 0) is 4.74 Å². The van der Waals surface area contributed by atoms with Crippen molar-refractivity contribution in [2.75, 3.05) is 0 Å². The van der Waals surface area contributed by atoms with Gasteiger partial charge in [0.25, 0.3) is 0 Å². The Labute approximate surface area is 163 Å². The summed E-state index contributed by atoms with van der Waals surface area (Å²) in [5, 5.41) is 0. The molecule has 0 aromatic rings. The van der Waals surface area contributed by atoms with Gasteiger partial charge >= 0.3 is 6.09 Å². The van der Waals surface area contributed by atoms with Crippen molar-refractivity contribution in [2.24, 2.45) is 0 Å². The van der Waals surface area contributed by atoms with Crippen LogP contribution in [0.25, 0.3) is 0 Å². The van der Waals surface area contributed by atoms with Gasteiger partial charge < -0.3 is 4.74 Å². The zero-order valence-electron chi connectivity index (χ0n) is 18.3. The summed E-state index contributed by atoms with van der Waals surface area (Å²) >= 11 is 0. The summed E-state index contributed by atoms with van der Waals surface area (Å²) < 4.78 is 5.32. The first kappa shape index (κ1) is 25.2. The molecule has 2 N–H and O–H groups in total. The minimum absolute atomic E-state index is 0.347. The molecule has 0 aliphatic rings. The highest BCUT2D eigenvalue weighted by molar-refractivity contribution is 5.67. The Hall–Kier alpha value is -0.770. The molecule has 1 amide bonds. The Morgan fingerprint density at radius 1 is 0.769 bits per heavy atom. The van der Waals surface area contributed by atoms with Crippen molar-refractivity contribution < 1.29 is 9.53 Å². The normalized spacial score (nSPS) is 11.8. The highest BCUT2D eigenvalue weighted by atomic mass is 16.6. The average molecular weight is 371 g/mol. The average Bonchev–Trinajstić information content (AvgIpc) is 2.56. The number of rotatable bonds is 16. The minimum Gasteiger partial charge on any atom is -0.443 e. The number of ether oxygens (including phenoxy) is 1. The molecule has 0 spiro atoms. The van der Waals surface area contributed by atoms with Crippen LogP contribution in [0.4, 0.5) is 4.79 Å². The second-order valence-electron chi connectivity index (χ2n) is 8.58. The number of hydrogen-bond acceptors (Lipinski definition) is 3. The predicted molar refractivity (Wildman–Crippen MR) is 112 cm³/mol. The monoisotopic (exact) mass is 370 g/mol. The topological polar surface area (TPSA) is 50.4 Å². The van der Waals surface area contributed by atoms with Gasteiger partial charge in [0.15, 0.2) is 0 Å². The van der Waals surface area contributed by atoms with E-state index < -0.39 is 5.60 Å². The van der Waals surface area contributed by atoms with Crippen LogP contribution in [0, 0.1) is 0 Å². The quantitative estimate of drug-likeness (QED) is 0.230. The first-order valence-electron chi connectivity index (χ1n) is 11.1. The predicted octanol–water partition coefficient (Wildman–Crippen LogP) is 6.89. The van der Waals surface area contributed by atoms with Crippen LogP contribution in [0.3, 0.4) is 0 Å². The molecule has 0 aliphatic carbocycles. The van der Waals surface area contributed by atoms with Crippen molar-refractivity contribution in [3.63, 3.8) is 0 Å². The van der Waals surface area contributed by atoms with Crippen molar-refractivity contribution in [1.29, 1.82) is 0 Å². The molecule has 0 aromatic carbocycles. The molecule has 0 fully saturated rings. The van der Waals surface area contributed by atoms with Crippen molar-refractivity contribution in [2.45, 2.75) is 136 Å². The van der Waals surface area contributed by atoms with Gasteiger partial charge in [0.05, 0.1) is 0 Å². The Morgan fingerprint density at radius 3 is 1.62 bits per heavy atom. The van der Waals surface area contributed by atoms with Crippen LogP contribution in [0.2, 0.25) is 0 Å². The smallest absolute Gasteiger partial charge is 0.422 e. The standard InChI is InChI=1S/C22H46N2O2/c1-6-8-10-12-14-16-18-20(19-17-15-13-11-9-7-2)23-24-21(25)26-22(3,4)5/h20,23H,6-19H2,1-5H3,(H,24,25). The molecule has 26 heavy (non-hydrogen) atoms. The van der Waals surface area contributed by atoms with E-state index in [9.17, 15) is 4.79 Å². The first-order chi connectivity index (χ1) is 12.4. The molecule has 0 aliphatic heterocycles. The maximum atomic E-state index is 11.9. The summed E-state index contributed by atoms with van der Waals surface area (Å²) in [7, 11) is 0. The molecule has 0 saturated heterocycles. The molecule has 0 unspecified atom stereocenters. The highest BCUT2D eigenvalue weighted by Crippen LogP contribution is 2.14. The molecular formula is C22H46N2O2. The van der Waals surface area contributed by atoms with Crippen LogP contribution < -0.4 is 10.9 Å². The van der Waals surface area contributed by atoms with Crippen molar-refractivity contribution >= 4 is 6.09 Å². The maximum absolute atomic E-state index is 11.9. The van der Waals surface area contributed by atoms with Crippen LogP contribution in [0.15, 0.2) is 0 Å². The van der Waals surface area contributed by atoms with E-state index >= 15 is 0 Å². The summed E-state index contributed by atoms with van der Waals surface area (Å²) in [6, 6.07) is 0.347. The molecule has 156 valence electrons. The zero-order valence-corrected chi connectivity index (χ0v) is 18.3. The van der Waals surface area contributed by atoms with E-state index in [2.05, 4.69) is 24.7 Å². The number of hydrogen-bond donors (Lipinski definition) is 2. The van der Waals surface area contributed by atoms with Gasteiger partial charge in [-0.2, -0.15) is 0 Å². The third kappa shape index (κ3) is 18.0. The molecule has 0 heterocycles. The number of nitrogens with one attached hydrogen (secondary N) is 2. The third-order valence-electron chi connectivity index (χ3n) is 4.59. The lowest BCUT2D eigenvalue weighted by atomic mass is 10.0. The van der Waals surface area contributed by atoms with Crippen LogP contribution in [0.1, 0.15) is 125 Å². The van der Waals surface area contributed by atoms with Gasteiger partial charge in [-0.15, -0.1) is 0 Å². The largest absolute Gasteiger partial charge is 0.443 e. The molecule has 4 heteroatoms. The van der Waals surface area contributed by atoms with Crippen molar-refractivity contribution in [3.05, 3.63) is 0 Å². The SMILES string of the molecule is CCCCCCCCC(CCCCCCCC)NNC(=O)OC(C)(C)C. The molecule has 0 rings (SSSR count). The Bertz CT molecular complexity index is 311. The second-order valence-corrected chi connectivity index (χ2v) is 8.58. The van der Waals surface area contributed by atoms with Gasteiger partial charge in [0.2, 0.25) is 0 Å². The van der Waals surface area contributed by atoms with Gasteiger partial charge in [-0.25, -0.2) is 10.2 Å². The van der Waals surface area contributed by atoms with E-state index in [1.165, 1.54) is 77.0 Å². The molecule has 0 atom stereocenters. The fourth-order valence-corrected chi connectivity index (χ4v) is 3.10. The Balaban J connectivity index is 4.07. The fraction of sp³-hybridized carbons (Fsp3) is 0.955. The number of carbonyl (C=O) groups excluding carboxylic acids is 1. The van der Waals surface area contributed by atoms with Crippen LogP contribution in [0.5, 0.6) is 0 Å². The van der Waals surface area contributed by atoms with E-state index in [-0.39, 0.29) is 6.09 Å². The second kappa shape index (κ2) is 16.4. The van der Waals surface area contributed by atoms with Gasteiger partial charge in [-0.3, -0.25) is 5.43 Å². The van der Waals surface area contributed by atoms with E-state index in [0.29, 0.717) is 6.04 Å². The van der Waals surface area contributed by atoms with E-state index in [1.54, 1.807) is 0 Å². The lowest BCUT2D eigenvalue weighted by Crippen LogP contribution is -2.46. The molecule has 0 radical (unpaired) electrons. The summed E-state index contributed by atoms with van der Waals surface area (Å²) in [4.78, 5) is 11.9. The number of unbranched alkanes of at least 4 members (excludes halogenated alkanes) is 10. The summed E-state index contributed by atoms with van der Waals surface area (Å²) in [6.07, 6.45) is 17.5. The first-order valence-corrected chi connectivity index (χ1v) is 11.1. The number of carbonyl (C=O) groups is 1. The fourth-order valence-electron chi connectivity index (χ4n) is 3.10.